The molecular weight excluding hydrogens is 519 g/mol. The summed E-state index contributed by atoms with van der Waals surface area (Å²) in [5.41, 5.74) is 3.08. The van der Waals surface area contributed by atoms with Crippen LogP contribution in [-0.4, -0.2) is 35.6 Å². The molecule has 0 aliphatic rings. The number of hydrogen-bond acceptors (Lipinski definition) is 8. The van der Waals surface area contributed by atoms with Crippen LogP contribution in [0, 0.1) is 24.2 Å². The maximum atomic E-state index is 13.7. The van der Waals surface area contributed by atoms with Crippen molar-refractivity contribution in [1.29, 1.82) is 5.26 Å². The maximum Gasteiger partial charge on any atom is 0.234 e. The fraction of sp³-hybridized carbons (Fsp3) is 0.207. The summed E-state index contributed by atoms with van der Waals surface area (Å²) >= 11 is 0. The minimum atomic E-state index is -4.42. The second-order valence-electron chi connectivity index (χ2n) is 9.03. The average Bonchev–Trinajstić information content (AvgIpc) is 2.91. The molecule has 2 heterocycles. The van der Waals surface area contributed by atoms with Crippen LogP contribution >= 0.6 is 0 Å². The maximum absolute atomic E-state index is 13.7. The standard InChI is InChI=1S/C29H27FN4O4S/c1-4-5-9-24-26(34(3)21-8-6-7-19(16-21)17-31)27(35)28(29(36)33-24)39(37,38)22-12-10-20(11-13-22)23-14-15-25(30)32-18(23)2/h6-8,10-16H,4-5,9H2,1-3H3,(H2,33,35,36). The molecule has 0 aliphatic carbocycles. The molecule has 0 unspecified atom stereocenters. The van der Waals surface area contributed by atoms with Crippen LogP contribution in [0.4, 0.5) is 15.8 Å². The van der Waals surface area contributed by atoms with E-state index in [2.05, 4.69) is 16.0 Å². The van der Waals surface area contributed by atoms with Gasteiger partial charge in [-0.2, -0.15) is 9.65 Å². The molecule has 0 atom stereocenters. The second kappa shape index (κ2) is 11.1. The van der Waals surface area contributed by atoms with Gasteiger partial charge in [-0.25, -0.2) is 18.4 Å². The molecular formula is C29H27FN4O4S. The largest absolute Gasteiger partial charge is 0.504 e. The van der Waals surface area contributed by atoms with Crippen LogP contribution in [0.5, 0.6) is 11.6 Å². The lowest BCUT2D eigenvalue weighted by molar-refractivity contribution is 0.405. The van der Waals surface area contributed by atoms with Crippen molar-refractivity contribution in [2.24, 2.45) is 0 Å². The zero-order chi connectivity index (χ0) is 28.3. The fourth-order valence-corrected chi connectivity index (χ4v) is 5.75. The van der Waals surface area contributed by atoms with Gasteiger partial charge in [0.25, 0.3) is 0 Å². The van der Waals surface area contributed by atoms with Crippen molar-refractivity contribution >= 4 is 21.2 Å². The molecule has 2 aromatic heterocycles. The summed E-state index contributed by atoms with van der Waals surface area (Å²) in [5.74, 6) is -2.05. The van der Waals surface area contributed by atoms with Gasteiger partial charge in [0, 0.05) is 24.0 Å². The lowest BCUT2D eigenvalue weighted by Crippen LogP contribution is -2.16. The first-order valence-electron chi connectivity index (χ1n) is 12.3. The first kappa shape index (κ1) is 27.5. The van der Waals surface area contributed by atoms with E-state index in [-0.39, 0.29) is 10.6 Å². The van der Waals surface area contributed by atoms with E-state index < -0.39 is 32.3 Å². The van der Waals surface area contributed by atoms with Crippen LogP contribution in [0.25, 0.3) is 11.1 Å². The van der Waals surface area contributed by atoms with Crippen LogP contribution in [-0.2, 0) is 16.3 Å². The molecule has 0 saturated carbocycles. The number of aromatic hydroxyl groups is 2. The predicted molar refractivity (Wildman–Crippen MR) is 145 cm³/mol. The summed E-state index contributed by atoms with van der Waals surface area (Å²) in [6, 6.07) is 17.3. The Morgan fingerprint density at radius 1 is 1.05 bits per heavy atom. The van der Waals surface area contributed by atoms with Gasteiger partial charge in [0.1, 0.15) is 5.69 Å². The number of unbranched alkanes of at least 4 members (excludes halogenated alkanes) is 1. The van der Waals surface area contributed by atoms with E-state index in [0.717, 1.165) is 6.42 Å². The van der Waals surface area contributed by atoms with Crippen molar-refractivity contribution in [2.75, 3.05) is 11.9 Å². The lowest BCUT2D eigenvalue weighted by Gasteiger charge is -2.25. The van der Waals surface area contributed by atoms with E-state index in [9.17, 15) is 28.3 Å². The molecule has 8 nitrogen and oxygen atoms in total. The van der Waals surface area contributed by atoms with Crippen LogP contribution in [0.15, 0.2) is 70.5 Å². The van der Waals surface area contributed by atoms with Crippen molar-refractivity contribution in [3.63, 3.8) is 0 Å². The molecule has 10 heteroatoms. The van der Waals surface area contributed by atoms with Crippen molar-refractivity contribution in [1.82, 2.24) is 9.97 Å². The first-order valence-corrected chi connectivity index (χ1v) is 13.7. The van der Waals surface area contributed by atoms with Crippen molar-refractivity contribution < 1.29 is 23.0 Å². The Labute approximate surface area is 226 Å². The van der Waals surface area contributed by atoms with E-state index in [1.165, 1.54) is 18.2 Å². The summed E-state index contributed by atoms with van der Waals surface area (Å²) in [5, 5.41) is 31.4. The molecule has 0 aliphatic heterocycles. The van der Waals surface area contributed by atoms with E-state index in [0.29, 0.717) is 46.6 Å². The van der Waals surface area contributed by atoms with Gasteiger partial charge < -0.3 is 15.1 Å². The quantitative estimate of drug-likeness (QED) is 0.265. The highest BCUT2D eigenvalue weighted by atomic mass is 32.2. The van der Waals surface area contributed by atoms with E-state index in [4.69, 9.17) is 0 Å². The predicted octanol–water partition coefficient (Wildman–Crippen LogP) is 5.82. The summed E-state index contributed by atoms with van der Waals surface area (Å²) in [6.45, 7) is 3.63. The van der Waals surface area contributed by atoms with Gasteiger partial charge in [-0.3, -0.25) is 0 Å². The van der Waals surface area contributed by atoms with Crippen LogP contribution in [0.1, 0.15) is 36.7 Å². The fourth-order valence-electron chi connectivity index (χ4n) is 4.38. The third-order valence-electron chi connectivity index (χ3n) is 6.42. The third kappa shape index (κ3) is 5.40. The van der Waals surface area contributed by atoms with Crippen molar-refractivity contribution in [3.05, 3.63) is 83.6 Å². The number of aryl methyl sites for hydroxylation is 2. The smallest absolute Gasteiger partial charge is 0.234 e. The van der Waals surface area contributed by atoms with E-state index >= 15 is 0 Å². The lowest BCUT2D eigenvalue weighted by atomic mass is 10.1. The molecule has 0 bridgehead atoms. The normalized spacial score (nSPS) is 11.3. The topological polar surface area (TPSA) is 127 Å². The van der Waals surface area contributed by atoms with Gasteiger partial charge >= 0.3 is 0 Å². The molecule has 4 rings (SSSR count). The van der Waals surface area contributed by atoms with Crippen LogP contribution in [0.3, 0.4) is 0 Å². The zero-order valence-corrected chi connectivity index (χ0v) is 22.5. The number of anilines is 2. The monoisotopic (exact) mass is 546 g/mol. The minimum Gasteiger partial charge on any atom is -0.504 e. The Kier molecular flexibility index (Phi) is 7.83. The number of aromatic nitrogens is 2. The van der Waals surface area contributed by atoms with E-state index in [1.807, 2.05) is 6.92 Å². The molecule has 0 saturated heterocycles. The van der Waals surface area contributed by atoms with Gasteiger partial charge in [0.2, 0.25) is 21.7 Å². The summed E-state index contributed by atoms with van der Waals surface area (Å²) in [6.07, 6.45) is 1.89. The molecule has 0 radical (unpaired) electrons. The Morgan fingerprint density at radius 2 is 1.77 bits per heavy atom. The van der Waals surface area contributed by atoms with Gasteiger partial charge in [0.05, 0.1) is 22.2 Å². The van der Waals surface area contributed by atoms with Crippen molar-refractivity contribution in [3.8, 4) is 28.8 Å². The highest BCUT2D eigenvalue weighted by Crippen LogP contribution is 2.45. The molecule has 2 N–H and O–H groups in total. The Morgan fingerprint density at radius 3 is 2.41 bits per heavy atom. The summed E-state index contributed by atoms with van der Waals surface area (Å²) in [7, 11) is -2.79. The van der Waals surface area contributed by atoms with Crippen LogP contribution < -0.4 is 4.90 Å². The molecule has 2 aromatic carbocycles. The Bertz CT molecular complexity index is 1680. The number of halogens is 1. The van der Waals surface area contributed by atoms with Crippen molar-refractivity contribution in [2.45, 2.75) is 42.9 Å². The number of nitriles is 1. The molecule has 4 aromatic rings. The molecule has 39 heavy (non-hydrogen) atoms. The van der Waals surface area contributed by atoms with Gasteiger partial charge in [-0.1, -0.05) is 31.5 Å². The number of rotatable bonds is 8. The molecule has 0 fully saturated rings. The summed E-state index contributed by atoms with van der Waals surface area (Å²) < 4.78 is 40.8. The number of benzene rings is 2. The number of pyridine rings is 2. The summed E-state index contributed by atoms with van der Waals surface area (Å²) in [4.78, 5) is 8.67. The van der Waals surface area contributed by atoms with Gasteiger partial charge in [-0.05, 0) is 67.8 Å². The number of sulfone groups is 1. The average molecular weight is 547 g/mol. The van der Waals surface area contributed by atoms with Gasteiger partial charge in [0.15, 0.2) is 10.6 Å². The first-order chi connectivity index (χ1) is 18.6. The Balaban J connectivity index is 1.83. The highest BCUT2D eigenvalue weighted by Gasteiger charge is 2.32. The molecule has 0 spiro atoms. The van der Waals surface area contributed by atoms with E-state index in [1.54, 1.807) is 61.3 Å². The SMILES string of the molecule is CCCCc1nc(O)c(S(=O)(=O)c2ccc(-c3ccc(F)nc3C)cc2)c(O)c1N(C)c1cccc(C#N)c1. The second-order valence-corrected chi connectivity index (χ2v) is 10.9. The molecule has 200 valence electrons. The Hall–Kier alpha value is -4.49. The highest BCUT2D eigenvalue weighted by molar-refractivity contribution is 7.91. The zero-order valence-electron chi connectivity index (χ0n) is 21.7. The van der Waals surface area contributed by atoms with Gasteiger partial charge in [-0.15, -0.1) is 0 Å². The molecule has 0 amide bonds. The third-order valence-corrected chi connectivity index (χ3v) is 8.22. The number of nitrogens with zero attached hydrogens (tertiary/aromatic N) is 4. The minimum absolute atomic E-state index is 0.125. The number of hydrogen-bond donors (Lipinski definition) is 2. The van der Waals surface area contributed by atoms with Crippen LogP contribution in [0.2, 0.25) is 0 Å².